The average molecular weight is 155 g/mol. The zero-order valence-corrected chi connectivity index (χ0v) is 7.18. The predicted octanol–water partition coefficient (Wildman–Crippen LogP) is 1.33. The molecular weight excluding hydrogens is 138 g/mol. The quantitative estimate of drug-likeness (QED) is 0.621. The van der Waals surface area contributed by atoms with E-state index in [1.165, 1.54) is 12.8 Å². The van der Waals surface area contributed by atoms with Gasteiger partial charge in [-0.1, -0.05) is 12.2 Å². The van der Waals surface area contributed by atoms with Crippen LogP contribution < -0.4 is 5.32 Å². The molecule has 2 nitrogen and oxygen atoms in total. The summed E-state index contributed by atoms with van der Waals surface area (Å²) in [6.07, 6.45) is 6.66. The van der Waals surface area contributed by atoms with E-state index in [-0.39, 0.29) is 0 Å². The van der Waals surface area contributed by atoms with E-state index in [9.17, 15) is 0 Å². The van der Waals surface area contributed by atoms with Gasteiger partial charge >= 0.3 is 0 Å². The third-order valence-corrected chi connectivity index (χ3v) is 1.92. The van der Waals surface area contributed by atoms with Crippen molar-refractivity contribution >= 4 is 0 Å². The van der Waals surface area contributed by atoms with Crippen molar-refractivity contribution in [2.24, 2.45) is 0 Å². The van der Waals surface area contributed by atoms with E-state index in [1.807, 2.05) is 6.92 Å². The Kier molecular flexibility index (Phi) is 4.24. The highest BCUT2D eigenvalue weighted by molar-refractivity contribution is 4.82. The van der Waals surface area contributed by atoms with Gasteiger partial charge in [-0.3, -0.25) is 0 Å². The number of allylic oxidation sites excluding steroid dienone is 1. The molecule has 0 radical (unpaired) electrons. The lowest BCUT2D eigenvalue weighted by atomic mass is 10.1. The van der Waals surface area contributed by atoms with Crippen molar-refractivity contribution in [1.82, 2.24) is 5.32 Å². The molecule has 0 bridgehead atoms. The van der Waals surface area contributed by atoms with E-state index in [1.54, 1.807) is 0 Å². The van der Waals surface area contributed by atoms with Crippen molar-refractivity contribution in [2.75, 3.05) is 19.8 Å². The smallest absolute Gasteiger partial charge is 0.0619 e. The lowest BCUT2D eigenvalue weighted by molar-refractivity contribution is 0.0717. The maximum atomic E-state index is 5.33. The fourth-order valence-electron chi connectivity index (χ4n) is 1.25. The van der Waals surface area contributed by atoms with Gasteiger partial charge < -0.3 is 10.1 Å². The largest absolute Gasteiger partial charge is 0.380 e. The van der Waals surface area contributed by atoms with Crippen molar-refractivity contribution in [3.8, 4) is 0 Å². The molecule has 1 N–H and O–H groups in total. The van der Waals surface area contributed by atoms with Crippen LogP contribution in [0.1, 0.15) is 19.8 Å². The van der Waals surface area contributed by atoms with Gasteiger partial charge in [0.2, 0.25) is 0 Å². The van der Waals surface area contributed by atoms with E-state index in [2.05, 4.69) is 17.5 Å². The first-order valence-electron chi connectivity index (χ1n) is 4.36. The summed E-state index contributed by atoms with van der Waals surface area (Å²) >= 11 is 0. The molecule has 0 aliphatic carbocycles. The van der Waals surface area contributed by atoms with Crippen LogP contribution in [-0.2, 0) is 4.74 Å². The van der Waals surface area contributed by atoms with Crippen LogP contribution in [0.5, 0.6) is 0 Å². The van der Waals surface area contributed by atoms with Crippen LogP contribution in [0.25, 0.3) is 0 Å². The van der Waals surface area contributed by atoms with Crippen LogP contribution in [-0.4, -0.2) is 25.8 Å². The third-order valence-electron chi connectivity index (χ3n) is 1.92. The first-order chi connectivity index (χ1) is 5.43. The van der Waals surface area contributed by atoms with Crippen molar-refractivity contribution in [1.29, 1.82) is 0 Å². The Balaban J connectivity index is 2.04. The molecule has 0 aromatic heterocycles. The van der Waals surface area contributed by atoms with Gasteiger partial charge in [0.25, 0.3) is 0 Å². The number of nitrogens with one attached hydrogen (secondary N) is 1. The van der Waals surface area contributed by atoms with E-state index >= 15 is 0 Å². The molecule has 1 unspecified atom stereocenters. The summed E-state index contributed by atoms with van der Waals surface area (Å²) < 4.78 is 5.33. The molecule has 0 spiro atoms. The molecule has 1 saturated heterocycles. The van der Waals surface area contributed by atoms with Gasteiger partial charge in [0.15, 0.2) is 0 Å². The molecular formula is C9H17NO. The highest BCUT2D eigenvalue weighted by Gasteiger charge is 2.11. The van der Waals surface area contributed by atoms with Crippen LogP contribution in [0.4, 0.5) is 0 Å². The first kappa shape index (κ1) is 8.75. The highest BCUT2D eigenvalue weighted by Crippen LogP contribution is 2.04. The summed E-state index contributed by atoms with van der Waals surface area (Å²) in [7, 11) is 0. The molecule has 1 heterocycles. The summed E-state index contributed by atoms with van der Waals surface area (Å²) in [4.78, 5) is 0. The van der Waals surface area contributed by atoms with Crippen molar-refractivity contribution in [2.45, 2.75) is 25.8 Å². The second kappa shape index (κ2) is 5.33. The van der Waals surface area contributed by atoms with Gasteiger partial charge in [-0.15, -0.1) is 0 Å². The zero-order chi connectivity index (χ0) is 7.94. The van der Waals surface area contributed by atoms with Gasteiger partial charge in [-0.05, 0) is 19.8 Å². The predicted molar refractivity (Wildman–Crippen MR) is 46.7 cm³/mol. The Bertz CT molecular complexity index is 117. The molecule has 64 valence electrons. The molecule has 0 aromatic rings. The Hall–Kier alpha value is -0.340. The summed E-state index contributed by atoms with van der Waals surface area (Å²) in [5.41, 5.74) is 0. The Morgan fingerprint density at radius 2 is 2.55 bits per heavy atom. The second-order valence-electron chi connectivity index (χ2n) is 2.89. The van der Waals surface area contributed by atoms with Crippen LogP contribution in [0.3, 0.4) is 0 Å². The van der Waals surface area contributed by atoms with Gasteiger partial charge in [-0.2, -0.15) is 0 Å². The Morgan fingerprint density at radius 3 is 3.18 bits per heavy atom. The second-order valence-corrected chi connectivity index (χ2v) is 2.89. The Labute approximate surface area is 68.6 Å². The minimum Gasteiger partial charge on any atom is -0.380 e. The number of hydrogen-bond donors (Lipinski definition) is 1. The zero-order valence-electron chi connectivity index (χ0n) is 7.18. The number of hydrogen-bond acceptors (Lipinski definition) is 2. The minimum absolute atomic E-state index is 0.583. The van der Waals surface area contributed by atoms with E-state index in [0.717, 1.165) is 19.8 Å². The maximum Gasteiger partial charge on any atom is 0.0619 e. The van der Waals surface area contributed by atoms with Gasteiger partial charge in [0.1, 0.15) is 0 Å². The topological polar surface area (TPSA) is 21.3 Å². The first-order valence-corrected chi connectivity index (χ1v) is 4.36. The molecule has 1 aliphatic rings. The molecule has 0 saturated carbocycles. The third kappa shape index (κ3) is 3.54. The fourth-order valence-corrected chi connectivity index (χ4v) is 1.25. The molecule has 1 fully saturated rings. The van der Waals surface area contributed by atoms with E-state index in [0.29, 0.717) is 6.04 Å². The van der Waals surface area contributed by atoms with Gasteiger partial charge in [0, 0.05) is 19.2 Å². The van der Waals surface area contributed by atoms with Crippen LogP contribution in [0.15, 0.2) is 12.2 Å². The lowest BCUT2D eigenvalue weighted by Crippen LogP contribution is -2.36. The van der Waals surface area contributed by atoms with Gasteiger partial charge in [0.05, 0.1) is 6.61 Å². The van der Waals surface area contributed by atoms with E-state index < -0.39 is 0 Å². The summed E-state index contributed by atoms with van der Waals surface area (Å²) in [6, 6.07) is 0.583. The molecule has 1 aliphatic heterocycles. The molecule has 2 heteroatoms. The molecule has 11 heavy (non-hydrogen) atoms. The lowest BCUT2D eigenvalue weighted by Gasteiger charge is -2.22. The van der Waals surface area contributed by atoms with Crippen LogP contribution in [0, 0.1) is 0 Å². The maximum absolute atomic E-state index is 5.33. The van der Waals surface area contributed by atoms with Crippen molar-refractivity contribution in [3.05, 3.63) is 12.2 Å². The summed E-state index contributed by atoms with van der Waals surface area (Å²) in [5, 5.41) is 3.41. The monoisotopic (exact) mass is 155 g/mol. The Morgan fingerprint density at radius 1 is 1.64 bits per heavy atom. The van der Waals surface area contributed by atoms with Crippen molar-refractivity contribution < 1.29 is 4.74 Å². The SMILES string of the molecule is C/C=C/CNC1CCCOC1. The van der Waals surface area contributed by atoms with Crippen LogP contribution >= 0.6 is 0 Å². The van der Waals surface area contributed by atoms with Gasteiger partial charge in [-0.25, -0.2) is 0 Å². The van der Waals surface area contributed by atoms with E-state index in [4.69, 9.17) is 4.74 Å². The molecule has 0 aromatic carbocycles. The summed E-state index contributed by atoms with van der Waals surface area (Å²) in [6.45, 7) is 4.85. The highest BCUT2D eigenvalue weighted by atomic mass is 16.5. The van der Waals surface area contributed by atoms with Crippen LogP contribution in [0.2, 0.25) is 0 Å². The number of ether oxygens (including phenoxy) is 1. The number of rotatable bonds is 3. The molecule has 1 atom stereocenters. The minimum atomic E-state index is 0.583. The van der Waals surface area contributed by atoms with Crippen molar-refractivity contribution in [3.63, 3.8) is 0 Å². The molecule has 0 amide bonds. The average Bonchev–Trinajstić information content (AvgIpc) is 2.07. The normalized spacial score (nSPS) is 26.1. The summed E-state index contributed by atoms with van der Waals surface area (Å²) in [5.74, 6) is 0. The molecule has 1 rings (SSSR count). The standard InChI is InChI=1S/C9H17NO/c1-2-3-6-10-9-5-4-7-11-8-9/h2-3,9-10H,4-8H2,1H3/b3-2+. The fraction of sp³-hybridized carbons (Fsp3) is 0.778.